The van der Waals surface area contributed by atoms with Crippen LogP contribution in [0.25, 0.3) is 0 Å². The minimum absolute atomic E-state index is 0.193. The SMILES string of the molecule is CN1CCC[C@@H](CNC(=O)c2ccc(Oc3ccccc3)o2)C1. The number of piperidine rings is 1. The molecule has 122 valence electrons. The summed E-state index contributed by atoms with van der Waals surface area (Å²) in [4.78, 5) is 14.5. The van der Waals surface area contributed by atoms with E-state index in [0.29, 0.717) is 24.2 Å². The molecule has 1 N–H and O–H groups in total. The lowest BCUT2D eigenvalue weighted by Crippen LogP contribution is -2.39. The lowest BCUT2D eigenvalue weighted by molar-refractivity contribution is 0.0904. The fourth-order valence-corrected chi connectivity index (χ4v) is 2.87. The summed E-state index contributed by atoms with van der Waals surface area (Å²) in [5.74, 6) is 1.59. The van der Waals surface area contributed by atoms with E-state index < -0.39 is 0 Å². The third kappa shape index (κ3) is 4.36. The van der Waals surface area contributed by atoms with Gasteiger partial charge in [-0.05, 0) is 50.6 Å². The second-order valence-electron chi connectivity index (χ2n) is 6.01. The van der Waals surface area contributed by atoms with Crippen molar-refractivity contribution in [1.82, 2.24) is 10.2 Å². The standard InChI is InChI=1S/C18H22N2O3/c1-20-11-5-6-14(13-20)12-19-18(21)16-9-10-17(23-16)22-15-7-3-2-4-8-15/h2-4,7-10,14H,5-6,11-13H2,1H3,(H,19,21)/t14-/m0/s1. The molecular weight excluding hydrogens is 292 g/mol. The Morgan fingerprint density at radius 1 is 1.30 bits per heavy atom. The van der Waals surface area contributed by atoms with Gasteiger partial charge in [0.2, 0.25) is 0 Å². The number of hydrogen-bond acceptors (Lipinski definition) is 4. The predicted octanol–water partition coefficient (Wildman–Crippen LogP) is 3.14. The topological polar surface area (TPSA) is 54.7 Å². The molecule has 2 aromatic rings. The van der Waals surface area contributed by atoms with Gasteiger partial charge in [-0.25, -0.2) is 0 Å². The highest BCUT2D eigenvalue weighted by Crippen LogP contribution is 2.23. The molecule has 0 spiro atoms. The Morgan fingerprint density at radius 3 is 2.91 bits per heavy atom. The number of amides is 1. The van der Waals surface area contributed by atoms with Crippen LogP contribution in [-0.4, -0.2) is 37.5 Å². The van der Waals surface area contributed by atoms with E-state index in [2.05, 4.69) is 17.3 Å². The van der Waals surface area contributed by atoms with E-state index in [0.717, 1.165) is 19.5 Å². The van der Waals surface area contributed by atoms with Crippen LogP contribution < -0.4 is 10.1 Å². The molecule has 3 rings (SSSR count). The second kappa shape index (κ2) is 7.33. The molecule has 1 aliphatic rings. The molecule has 5 nitrogen and oxygen atoms in total. The van der Waals surface area contributed by atoms with Crippen molar-refractivity contribution < 1.29 is 13.9 Å². The number of para-hydroxylation sites is 1. The summed E-state index contributed by atoms with van der Waals surface area (Å²) < 4.78 is 11.0. The Hall–Kier alpha value is -2.27. The van der Waals surface area contributed by atoms with Crippen LogP contribution in [-0.2, 0) is 0 Å². The highest BCUT2D eigenvalue weighted by molar-refractivity contribution is 5.91. The smallest absolute Gasteiger partial charge is 0.290 e. The molecule has 1 aliphatic heterocycles. The Bertz CT molecular complexity index is 639. The fourth-order valence-electron chi connectivity index (χ4n) is 2.87. The van der Waals surface area contributed by atoms with Gasteiger partial charge in [0, 0.05) is 19.2 Å². The number of carbonyl (C=O) groups excluding carboxylic acids is 1. The Kier molecular flexibility index (Phi) is 4.98. The summed E-state index contributed by atoms with van der Waals surface area (Å²) in [5.41, 5.74) is 0. The normalized spacial score (nSPS) is 18.6. The Morgan fingerprint density at radius 2 is 2.13 bits per heavy atom. The van der Waals surface area contributed by atoms with Gasteiger partial charge in [-0.1, -0.05) is 18.2 Å². The number of carbonyl (C=O) groups is 1. The molecule has 0 radical (unpaired) electrons. The fraction of sp³-hybridized carbons (Fsp3) is 0.389. The number of likely N-dealkylation sites (tertiary alicyclic amines) is 1. The third-order valence-corrected chi connectivity index (χ3v) is 4.04. The molecule has 23 heavy (non-hydrogen) atoms. The molecule has 1 aromatic heterocycles. The average molecular weight is 314 g/mol. The van der Waals surface area contributed by atoms with E-state index in [1.807, 2.05) is 30.3 Å². The van der Waals surface area contributed by atoms with Crippen LogP contribution in [0.15, 0.2) is 46.9 Å². The van der Waals surface area contributed by atoms with Gasteiger partial charge in [-0.2, -0.15) is 0 Å². The van der Waals surface area contributed by atoms with Crippen molar-refractivity contribution in [2.24, 2.45) is 5.92 Å². The van der Waals surface area contributed by atoms with Crippen molar-refractivity contribution in [3.63, 3.8) is 0 Å². The Labute approximate surface area is 136 Å². The zero-order chi connectivity index (χ0) is 16.1. The van der Waals surface area contributed by atoms with Gasteiger partial charge < -0.3 is 19.4 Å². The molecule has 0 unspecified atom stereocenters. The molecule has 5 heteroatoms. The highest BCUT2D eigenvalue weighted by atomic mass is 16.6. The maximum absolute atomic E-state index is 12.2. The van der Waals surface area contributed by atoms with E-state index in [9.17, 15) is 4.79 Å². The number of furan rings is 1. The lowest BCUT2D eigenvalue weighted by atomic mass is 9.98. The molecule has 0 aliphatic carbocycles. The second-order valence-corrected chi connectivity index (χ2v) is 6.01. The molecule has 0 bridgehead atoms. The quantitative estimate of drug-likeness (QED) is 0.921. The van der Waals surface area contributed by atoms with Gasteiger partial charge in [0.15, 0.2) is 5.76 Å². The molecular formula is C18H22N2O3. The predicted molar refractivity (Wildman–Crippen MR) is 87.8 cm³/mol. The number of rotatable bonds is 5. The van der Waals surface area contributed by atoms with Crippen LogP contribution in [0, 0.1) is 5.92 Å². The molecule has 2 heterocycles. The third-order valence-electron chi connectivity index (χ3n) is 4.04. The summed E-state index contributed by atoms with van der Waals surface area (Å²) >= 11 is 0. The van der Waals surface area contributed by atoms with Crippen molar-refractivity contribution in [2.75, 3.05) is 26.7 Å². The lowest BCUT2D eigenvalue weighted by Gasteiger charge is -2.29. The van der Waals surface area contributed by atoms with Crippen LogP contribution in [0.1, 0.15) is 23.4 Å². The maximum atomic E-state index is 12.2. The number of hydrogen-bond donors (Lipinski definition) is 1. The zero-order valence-corrected chi connectivity index (χ0v) is 13.3. The van der Waals surface area contributed by atoms with E-state index in [1.54, 1.807) is 12.1 Å². The van der Waals surface area contributed by atoms with Crippen molar-refractivity contribution in [3.05, 3.63) is 48.2 Å². The van der Waals surface area contributed by atoms with Crippen LogP contribution in [0.2, 0.25) is 0 Å². The molecule has 1 amide bonds. The van der Waals surface area contributed by atoms with Crippen molar-refractivity contribution in [1.29, 1.82) is 0 Å². The monoisotopic (exact) mass is 314 g/mol. The summed E-state index contributed by atoms with van der Waals surface area (Å²) in [5, 5.41) is 2.95. The van der Waals surface area contributed by atoms with Crippen LogP contribution in [0.4, 0.5) is 0 Å². The molecule has 0 saturated carbocycles. The first-order chi connectivity index (χ1) is 11.2. The number of ether oxygens (including phenoxy) is 1. The van der Waals surface area contributed by atoms with Crippen molar-refractivity contribution in [2.45, 2.75) is 12.8 Å². The van der Waals surface area contributed by atoms with E-state index in [-0.39, 0.29) is 11.7 Å². The Balaban J connectivity index is 1.52. The molecule has 1 fully saturated rings. The van der Waals surface area contributed by atoms with Gasteiger partial charge >= 0.3 is 0 Å². The van der Waals surface area contributed by atoms with Gasteiger partial charge in [-0.15, -0.1) is 0 Å². The number of benzene rings is 1. The van der Waals surface area contributed by atoms with E-state index in [1.165, 1.54) is 6.42 Å². The minimum Gasteiger partial charge on any atom is -0.426 e. The highest BCUT2D eigenvalue weighted by Gasteiger charge is 2.19. The largest absolute Gasteiger partial charge is 0.426 e. The van der Waals surface area contributed by atoms with Crippen LogP contribution in [0.3, 0.4) is 0 Å². The first kappa shape index (κ1) is 15.6. The first-order valence-corrected chi connectivity index (χ1v) is 8.00. The summed E-state index contributed by atoms with van der Waals surface area (Å²) in [6.45, 7) is 2.85. The van der Waals surface area contributed by atoms with Crippen molar-refractivity contribution in [3.8, 4) is 11.7 Å². The number of nitrogens with one attached hydrogen (secondary N) is 1. The van der Waals surface area contributed by atoms with Crippen LogP contribution in [0.5, 0.6) is 11.7 Å². The summed E-state index contributed by atoms with van der Waals surface area (Å²) in [6, 6.07) is 12.7. The minimum atomic E-state index is -0.193. The molecule has 1 saturated heterocycles. The summed E-state index contributed by atoms with van der Waals surface area (Å²) in [6.07, 6.45) is 2.35. The van der Waals surface area contributed by atoms with Crippen LogP contribution >= 0.6 is 0 Å². The van der Waals surface area contributed by atoms with Crippen molar-refractivity contribution >= 4 is 5.91 Å². The zero-order valence-electron chi connectivity index (χ0n) is 13.3. The number of nitrogens with zero attached hydrogens (tertiary/aromatic N) is 1. The van der Waals surface area contributed by atoms with Gasteiger partial charge in [0.25, 0.3) is 11.9 Å². The van der Waals surface area contributed by atoms with E-state index >= 15 is 0 Å². The van der Waals surface area contributed by atoms with Gasteiger partial charge in [0.1, 0.15) is 5.75 Å². The summed E-state index contributed by atoms with van der Waals surface area (Å²) in [7, 11) is 2.12. The first-order valence-electron chi connectivity index (χ1n) is 8.00. The van der Waals surface area contributed by atoms with Gasteiger partial charge in [0.05, 0.1) is 0 Å². The average Bonchev–Trinajstić information content (AvgIpc) is 3.02. The van der Waals surface area contributed by atoms with E-state index in [4.69, 9.17) is 9.15 Å². The van der Waals surface area contributed by atoms with Gasteiger partial charge in [-0.3, -0.25) is 4.79 Å². The molecule has 1 aromatic carbocycles. The maximum Gasteiger partial charge on any atom is 0.290 e. The molecule has 1 atom stereocenters.